The summed E-state index contributed by atoms with van der Waals surface area (Å²) < 4.78 is 1.02. The number of benzene rings is 2. The number of rotatable bonds is 6. The number of allylic oxidation sites excluding steroid dienone is 2. The van der Waals surface area contributed by atoms with Crippen LogP contribution in [0.25, 0.3) is 11.6 Å². The topological polar surface area (TPSA) is 49.3 Å². The second kappa shape index (κ2) is 10.2. The fourth-order valence-electron chi connectivity index (χ4n) is 4.51. The lowest BCUT2D eigenvalue weighted by Gasteiger charge is -2.25. The predicted octanol–water partition coefficient (Wildman–Crippen LogP) is 6.18. The Balaban J connectivity index is 1.49. The van der Waals surface area contributed by atoms with Gasteiger partial charge in [0.05, 0.1) is 11.7 Å². The van der Waals surface area contributed by atoms with Gasteiger partial charge in [-0.05, 0) is 91.0 Å². The van der Waals surface area contributed by atoms with E-state index in [1.807, 2.05) is 42.5 Å². The van der Waals surface area contributed by atoms with E-state index < -0.39 is 0 Å². The minimum Gasteiger partial charge on any atom is -0.393 e. The molecule has 162 valence electrons. The summed E-state index contributed by atoms with van der Waals surface area (Å²) in [4.78, 5) is 13.2. The third kappa shape index (κ3) is 5.68. The van der Waals surface area contributed by atoms with Crippen molar-refractivity contribution >= 4 is 45.1 Å². The van der Waals surface area contributed by atoms with Crippen LogP contribution in [0.3, 0.4) is 0 Å². The van der Waals surface area contributed by atoms with Crippen LogP contribution >= 0.6 is 27.5 Å². The summed E-state index contributed by atoms with van der Waals surface area (Å²) in [6, 6.07) is 13.8. The zero-order valence-electron chi connectivity index (χ0n) is 17.4. The van der Waals surface area contributed by atoms with Crippen LogP contribution in [-0.4, -0.2) is 23.7 Å². The number of aliphatic hydroxyl groups excluding tert-OH is 1. The Hall–Kier alpha value is -1.88. The Kier molecular flexibility index (Phi) is 7.31. The van der Waals surface area contributed by atoms with Gasteiger partial charge in [0.15, 0.2) is 0 Å². The summed E-state index contributed by atoms with van der Waals surface area (Å²) in [6.07, 6.45) is 9.51. The smallest absolute Gasteiger partial charge is 0.252 e. The van der Waals surface area contributed by atoms with Gasteiger partial charge in [0.1, 0.15) is 0 Å². The highest BCUT2D eigenvalue weighted by molar-refractivity contribution is 9.10. The average Bonchev–Trinajstić information content (AvgIpc) is 3.12. The normalized spacial score (nSPS) is 20.9. The molecule has 0 unspecified atom stereocenters. The molecule has 0 bridgehead atoms. The average molecular weight is 501 g/mol. The Morgan fingerprint density at radius 3 is 2.58 bits per heavy atom. The maximum Gasteiger partial charge on any atom is 0.252 e. The molecule has 0 heterocycles. The third-order valence-electron chi connectivity index (χ3n) is 6.27. The first kappa shape index (κ1) is 22.3. The molecule has 2 N–H and O–H groups in total. The monoisotopic (exact) mass is 499 g/mol. The SMILES string of the molecule is O=C(NCCC1CCC(O)CC1)C1=C(/C=C/c2ccc(Cl)cc2)Cc2cc(Br)ccc21. The Bertz CT molecular complexity index is 1000. The van der Waals surface area contributed by atoms with Crippen molar-refractivity contribution in [3.63, 3.8) is 0 Å². The molecule has 2 aliphatic rings. The van der Waals surface area contributed by atoms with E-state index in [1.165, 1.54) is 0 Å². The van der Waals surface area contributed by atoms with Gasteiger partial charge >= 0.3 is 0 Å². The van der Waals surface area contributed by atoms with E-state index in [1.54, 1.807) is 0 Å². The molecule has 1 saturated carbocycles. The minimum absolute atomic E-state index is 0.00678. The molecule has 2 aromatic carbocycles. The summed E-state index contributed by atoms with van der Waals surface area (Å²) in [5.41, 5.74) is 5.02. The van der Waals surface area contributed by atoms with Crippen molar-refractivity contribution in [1.29, 1.82) is 0 Å². The van der Waals surface area contributed by atoms with Crippen LogP contribution < -0.4 is 5.32 Å². The maximum atomic E-state index is 13.2. The number of carbonyl (C=O) groups excluding carboxylic acids is 1. The molecular formula is C26H27BrClNO2. The zero-order valence-corrected chi connectivity index (χ0v) is 19.8. The second-order valence-electron chi connectivity index (χ2n) is 8.48. The first-order valence-corrected chi connectivity index (χ1v) is 12.1. The van der Waals surface area contributed by atoms with Crippen molar-refractivity contribution in [3.8, 4) is 0 Å². The van der Waals surface area contributed by atoms with Crippen LogP contribution in [0.2, 0.25) is 5.02 Å². The molecule has 3 nitrogen and oxygen atoms in total. The highest BCUT2D eigenvalue weighted by Gasteiger charge is 2.26. The van der Waals surface area contributed by atoms with Crippen LogP contribution in [-0.2, 0) is 11.2 Å². The lowest BCUT2D eigenvalue weighted by Crippen LogP contribution is -2.28. The van der Waals surface area contributed by atoms with Gasteiger partial charge in [-0.3, -0.25) is 4.79 Å². The number of carbonyl (C=O) groups is 1. The van der Waals surface area contributed by atoms with E-state index in [9.17, 15) is 9.90 Å². The molecule has 2 aromatic rings. The van der Waals surface area contributed by atoms with Crippen LogP contribution in [0.1, 0.15) is 48.8 Å². The standard InChI is InChI=1S/C26H27BrClNO2/c27-21-7-12-24-20(16-21)15-19(6-1-17-2-8-22(28)9-3-17)25(24)26(31)29-14-13-18-4-10-23(30)11-5-18/h1-3,6-9,12,16,18,23,30H,4-5,10-11,13-15H2,(H,29,31)/b6-1+. The first-order valence-electron chi connectivity index (χ1n) is 10.9. The zero-order chi connectivity index (χ0) is 21.8. The molecule has 2 aliphatic carbocycles. The van der Waals surface area contributed by atoms with E-state index in [4.69, 9.17) is 11.6 Å². The largest absolute Gasteiger partial charge is 0.393 e. The van der Waals surface area contributed by atoms with Gasteiger partial charge in [0, 0.05) is 16.0 Å². The first-order chi connectivity index (χ1) is 15.0. The van der Waals surface area contributed by atoms with E-state index >= 15 is 0 Å². The van der Waals surface area contributed by atoms with Gasteiger partial charge < -0.3 is 10.4 Å². The van der Waals surface area contributed by atoms with E-state index in [-0.39, 0.29) is 12.0 Å². The van der Waals surface area contributed by atoms with Gasteiger partial charge in [0.25, 0.3) is 5.91 Å². The minimum atomic E-state index is -0.139. The van der Waals surface area contributed by atoms with Gasteiger partial charge in [-0.25, -0.2) is 0 Å². The fraction of sp³-hybridized carbons (Fsp3) is 0.346. The van der Waals surface area contributed by atoms with Gasteiger partial charge in [-0.2, -0.15) is 0 Å². The summed E-state index contributed by atoms with van der Waals surface area (Å²) in [6.45, 7) is 0.670. The summed E-state index contributed by atoms with van der Waals surface area (Å²) in [7, 11) is 0. The maximum absolute atomic E-state index is 13.2. The molecule has 0 aliphatic heterocycles. The molecular weight excluding hydrogens is 474 g/mol. The molecule has 0 saturated heterocycles. The number of nitrogens with one attached hydrogen (secondary N) is 1. The lowest BCUT2D eigenvalue weighted by atomic mass is 9.85. The molecule has 4 rings (SSSR count). The number of fused-ring (bicyclic) bond motifs is 1. The molecule has 0 aromatic heterocycles. The van der Waals surface area contributed by atoms with Crippen molar-refractivity contribution in [1.82, 2.24) is 5.32 Å². The lowest BCUT2D eigenvalue weighted by molar-refractivity contribution is -0.115. The van der Waals surface area contributed by atoms with Crippen molar-refractivity contribution < 1.29 is 9.90 Å². The van der Waals surface area contributed by atoms with Crippen LogP contribution in [0.15, 0.2) is 58.6 Å². The van der Waals surface area contributed by atoms with Crippen molar-refractivity contribution in [2.75, 3.05) is 6.54 Å². The Labute approximate surface area is 197 Å². The van der Waals surface area contributed by atoms with E-state index in [2.05, 4.69) is 33.4 Å². The van der Waals surface area contributed by atoms with Crippen LogP contribution in [0.5, 0.6) is 0 Å². The van der Waals surface area contributed by atoms with E-state index in [0.717, 1.165) is 70.8 Å². The quantitative estimate of drug-likeness (QED) is 0.497. The highest BCUT2D eigenvalue weighted by Crippen LogP contribution is 2.36. The van der Waals surface area contributed by atoms with Gasteiger partial charge in [-0.15, -0.1) is 0 Å². The number of aliphatic hydroxyl groups is 1. The van der Waals surface area contributed by atoms with Crippen molar-refractivity contribution in [2.45, 2.75) is 44.6 Å². The molecule has 0 spiro atoms. The summed E-state index contributed by atoms with van der Waals surface area (Å²) in [5.74, 6) is 0.585. The van der Waals surface area contributed by atoms with Crippen molar-refractivity contribution in [2.24, 2.45) is 5.92 Å². The Morgan fingerprint density at radius 2 is 1.84 bits per heavy atom. The number of amides is 1. The summed E-state index contributed by atoms with van der Waals surface area (Å²) >= 11 is 9.53. The molecule has 5 heteroatoms. The van der Waals surface area contributed by atoms with Gasteiger partial charge in [0.2, 0.25) is 0 Å². The second-order valence-corrected chi connectivity index (χ2v) is 9.83. The molecule has 1 fully saturated rings. The number of hydrogen-bond acceptors (Lipinski definition) is 2. The van der Waals surface area contributed by atoms with Gasteiger partial charge in [-0.1, -0.05) is 57.9 Å². The Morgan fingerprint density at radius 1 is 1.10 bits per heavy atom. The van der Waals surface area contributed by atoms with Crippen LogP contribution in [0.4, 0.5) is 0 Å². The molecule has 0 atom stereocenters. The van der Waals surface area contributed by atoms with Crippen LogP contribution in [0, 0.1) is 5.92 Å². The highest BCUT2D eigenvalue weighted by atomic mass is 79.9. The molecule has 1 amide bonds. The number of halogens is 2. The molecule has 0 radical (unpaired) electrons. The fourth-order valence-corrected chi connectivity index (χ4v) is 5.05. The number of hydrogen-bond donors (Lipinski definition) is 2. The third-order valence-corrected chi connectivity index (χ3v) is 7.01. The predicted molar refractivity (Wildman–Crippen MR) is 131 cm³/mol. The summed E-state index contributed by atoms with van der Waals surface area (Å²) in [5, 5.41) is 13.5. The van der Waals surface area contributed by atoms with E-state index in [0.29, 0.717) is 17.5 Å². The van der Waals surface area contributed by atoms with Crippen molar-refractivity contribution in [3.05, 3.63) is 80.3 Å². The molecule has 31 heavy (non-hydrogen) atoms.